The fourth-order valence-electron chi connectivity index (χ4n) is 1.48. The summed E-state index contributed by atoms with van der Waals surface area (Å²) in [5, 5.41) is 11.1. The lowest BCUT2D eigenvalue weighted by Crippen LogP contribution is -2.50. The number of carbonyl (C=O) groups excluding carboxylic acids is 1. The summed E-state index contributed by atoms with van der Waals surface area (Å²) in [7, 11) is -1.80. The molecule has 0 aromatic rings. The van der Waals surface area contributed by atoms with E-state index < -0.39 is 27.9 Å². The molecule has 0 aliphatic carbocycles. The van der Waals surface area contributed by atoms with Crippen molar-refractivity contribution in [1.82, 2.24) is 10.2 Å². The molecule has 0 bridgehead atoms. The second kappa shape index (κ2) is 6.01. The number of sulfone groups is 1. The molecule has 1 rings (SSSR count). The summed E-state index contributed by atoms with van der Waals surface area (Å²) in [4.78, 5) is 23.6. The van der Waals surface area contributed by atoms with E-state index in [1.807, 2.05) is 0 Å². The van der Waals surface area contributed by atoms with Gasteiger partial charge in [-0.15, -0.1) is 0 Å². The molecule has 1 atom stereocenters. The minimum atomic E-state index is -3.04. The molecule has 1 heterocycles. The summed E-state index contributed by atoms with van der Waals surface area (Å²) in [5.41, 5.74) is 0. The highest BCUT2D eigenvalue weighted by Crippen LogP contribution is 2.03. The Morgan fingerprint density at radius 3 is 2.39 bits per heavy atom. The third kappa shape index (κ3) is 4.15. The van der Waals surface area contributed by atoms with Crippen molar-refractivity contribution in [3.05, 3.63) is 0 Å². The number of aliphatic carboxylic acids is 1. The van der Waals surface area contributed by atoms with Crippen molar-refractivity contribution in [2.24, 2.45) is 0 Å². The van der Waals surface area contributed by atoms with Crippen LogP contribution in [-0.4, -0.2) is 74.8 Å². The van der Waals surface area contributed by atoms with Gasteiger partial charge in [-0.1, -0.05) is 0 Å². The van der Waals surface area contributed by atoms with Gasteiger partial charge in [-0.3, -0.25) is 0 Å². The number of amides is 2. The Balaban J connectivity index is 2.40. The summed E-state index contributed by atoms with van der Waals surface area (Å²) in [6, 6.07) is -0.479. The number of carbonyl (C=O) groups is 2. The van der Waals surface area contributed by atoms with Crippen LogP contribution in [0.4, 0.5) is 4.79 Å². The van der Waals surface area contributed by atoms with Crippen molar-refractivity contribution in [2.45, 2.75) is 6.10 Å². The van der Waals surface area contributed by atoms with Gasteiger partial charge in [-0.25, -0.2) is 18.0 Å². The first-order chi connectivity index (χ1) is 8.35. The largest absolute Gasteiger partial charge is 0.479 e. The summed E-state index contributed by atoms with van der Waals surface area (Å²) in [6.45, 7) is 0.0890. The number of rotatable bonds is 4. The molecule has 18 heavy (non-hydrogen) atoms. The van der Waals surface area contributed by atoms with Crippen LogP contribution >= 0.6 is 0 Å². The maximum absolute atomic E-state index is 11.6. The van der Waals surface area contributed by atoms with Crippen LogP contribution in [-0.2, 0) is 19.4 Å². The van der Waals surface area contributed by atoms with Crippen LogP contribution in [0.1, 0.15) is 0 Å². The van der Waals surface area contributed by atoms with Gasteiger partial charge in [-0.05, 0) is 0 Å². The van der Waals surface area contributed by atoms with E-state index in [0.717, 1.165) is 0 Å². The molecule has 2 N–H and O–H groups in total. The molecule has 2 amide bonds. The highest BCUT2D eigenvalue weighted by Gasteiger charge is 2.26. The number of ether oxygens (including phenoxy) is 1. The molecule has 0 saturated carbocycles. The average molecular weight is 280 g/mol. The van der Waals surface area contributed by atoms with E-state index in [4.69, 9.17) is 5.11 Å². The SMILES string of the molecule is COC(CNC(=O)N1CCS(=O)(=O)CC1)C(=O)O. The topological polar surface area (TPSA) is 113 Å². The molecule has 0 radical (unpaired) electrons. The quantitative estimate of drug-likeness (QED) is 0.649. The molecule has 0 aromatic heterocycles. The van der Waals surface area contributed by atoms with E-state index in [-0.39, 0.29) is 31.1 Å². The summed E-state index contributed by atoms with van der Waals surface area (Å²) >= 11 is 0. The molecule has 1 aliphatic rings. The van der Waals surface area contributed by atoms with E-state index in [0.29, 0.717) is 0 Å². The first-order valence-corrected chi connectivity index (χ1v) is 7.16. The first-order valence-electron chi connectivity index (χ1n) is 5.34. The van der Waals surface area contributed by atoms with Gasteiger partial charge in [0.2, 0.25) is 0 Å². The average Bonchev–Trinajstić information content (AvgIpc) is 2.29. The lowest BCUT2D eigenvalue weighted by Gasteiger charge is -2.27. The second-order valence-corrected chi connectivity index (χ2v) is 6.19. The van der Waals surface area contributed by atoms with Crippen LogP contribution in [0.15, 0.2) is 0 Å². The molecular weight excluding hydrogens is 264 g/mol. The monoisotopic (exact) mass is 280 g/mol. The molecule has 0 aromatic carbocycles. The highest BCUT2D eigenvalue weighted by atomic mass is 32.2. The standard InChI is InChI=1S/C9H16N2O6S/c1-17-7(8(12)13)6-10-9(14)11-2-4-18(15,16)5-3-11/h7H,2-6H2,1H3,(H,10,14)(H,12,13). The number of methoxy groups -OCH3 is 1. The van der Waals surface area contributed by atoms with Crippen molar-refractivity contribution in [1.29, 1.82) is 0 Å². The predicted molar refractivity (Wildman–Crippen MR) is 62.1 cm³/mol. The Morgan fingerprint density at radius 2 is 1.94 bits per heavy atom. The van der Waals surface area contributed by atoms with Gasteiger partial charge in [0.1, 0.15) is 0 Å². The number of carboxylic acids is 1. The van der Waals surface area contributed by atoms with E-state index in [1.165, 1.54) is 12.0 Å². The van der Waals surface area contributed by atoms with Gasteiger partial charge in [0.15, 0.2) is 15.9 Å². The smallest absolute Gasteiger partial charge is 0.334 e. The maximum atomic E-state index is 11.6. The number of nitrogens with zero attached hydrogens (tertiary/aromatic N) is 1. The van der Waals surface area contributed by atoms with E-state index in [9.17, 15) is 18.0 Å². The first kappa shape index (κ1) is 14.7. The zero-order chi connectivity index (χ0) is 13.8. The van der Waals surface area contributed by atoms with Gasteiger partial charge in [-0.2, -0.15) is 0 Å². The zero-order valence-electron chi connectivity index (χ0n) is 9.96. The molecule has 1 saturated heterocycles. The number of urea groups is 1. The summed E-state index contributed by atoms with van der Waals surface area (Å²) in [6.07, 6.45) is -1.11. The normalized spacial score (nSPS) is 20.2. The summed E-state index contributed by atoms with van der Waals surface area (Å²) in [5.74, 6) is -1.29. The third-order valence-electron chi connectivity index (χ3n) is 2.63. The molecule has 1 unspecified atom stereocenters. The number of hydrogen-bond donors (Lipinski definition) is 2. The van der Waals surface area contributed by atoms with Gasteiger partial charge < -0.3 is 20.1 Å². The zero-order valence-corrected chi connectivity index (χ0v) is 10.8. The molecule has 9 heteroatoms. The second-order valence-electron chi connectivity index (χ2n) is 3.89. The fourth-order valence-corrected chi connectivity index (χ4v) is 2.68. The van der Waals surface area contributed by atoms with Crippen LogP contribution in [0.25, 0.3) is 0 Å². The summed E-state index contributed by atoms with van der Waals surface area (Å²) < 4.78 is 27.0. The third-order valence-corrected chi connectivity index (χ3v) is 4.24. The lowest BCUT2D eigenvalue weighted by atomic mass is 10.3. The molecule has 104 valence electrons. The lowest BCUT2D eigenvalue weighted by molar-refractivity contribution is -0.148. The Morgan fingerprint density at radius 1 is 1.39 bits per heavy atom. The van der Waals surface area contributed by atoms with Crippen molar-refractivity contribution in [2.75, 3.05) is 38.2 Å². The Bertz CT molecular complexity index is 407. The van der Waals surface area contributed by atoms with E-state index in [2.05, 4.69) is 10.1 Å². The minimum absolute atomic E-state index is 0.0624. The van der Waals surface area contributed by atoms with Crippen LogP contribution in [0.5, 0.6) is 0 Å². The molecule has 8 nitrogen and oxygen atoms in total. The Labute approximate surface area is 105 Å². The van der Waals surface area contributed by atoms with Gasteiger partial charge in [0.25, 0.3) is 0 Å². The Kier molecular flexibility index (Phi) is 4.91. The number of carboxylic acid groups (broad SMARTS) is 1. The fraction of sp³-hybridized carbons (Fsp3) is 0.778. The van der Waals surface area contributed by atoms with Crippen molar-refractivity contribution < 1.29 is 27.9 Å². The van der Waals surface area contributed by atoms with Crippen LogP contribution < -0.4 is 5.32 Å². The number of nitrogens with one attached hydrogen (secondary N) is 1. The highest BCUT2D eigenvalue weighted by molar-refractivity contribution is 7.91. The number of hydrogen-bond acceptors (Lipinski definition) is 5. The van der Waals surface area contributed by atoms with Crippen molar-refractivity contribution in [3.63, 3.8) is 0 Å². The van der Waals surface area contributed by atoms with Gasteiger partial charge >= 0.3 is 12.0 Å². The molecular formula is C9H16N2O6S. The molecule has 0 spiro atoms. The van der Waals surface area contributed by atoms with E-state index in [1.54, 1.807) is 0 Å². The van der Waals surface area contributed by atoms with Crippen LogP contribution in [0.2, 0.25) is 0 Å². The van der Waals surface area contributed by atoms with Gasteiger partial charge in [0, 0.05) is 20.2 Å². The van der Waals surface area contributed by atoms with E-state index >= 15 is 0 Å². The van der Waals surface area contributed by atoms with Crippen LogP contribution in [0, 0.1) is 0 Å². The van der Waals surface area contributed by atoms with Crippen molar-refractivity contribution in [3.8, 4) is 0 Å². The molecule has 1 aliphatic heterocycles. The minimum Gasteiger partial charge on any atom is -0.479 e. The van der Waals surface area contributed by atoms with Gasteiger partial charge in [0.05, 0.1) is 18.1 Å². The van der Waals surface area contributed by atoms with Crippen molar-refractivity contribution >= 4 is 21.8 Å². The maximum Gasteiger partial charge on any atom is 0.334 e. The predicted octanol–water partition coefficient (Wildman–Crippen LogP) is -1.47. The Hall–Kier alpha value is -1.35. The van der Waals surface area contributed by atoms with Crippen LogP contribution in [0.3, 0.4) is 0 Å². The molecule has 1 fully saturated rings.